The van der Waals surface area contributed by atoms with E-state index in [9.17, 15) is 9.18 Å². The Balaban J connectivity index is 1.44. The number of halogens is 1. The van der Waals surface area contributed by atoms with E-state index in [1.807, 2.05) is 24.3 Å². The smallest absolute Gasteiger partial charge is 0.248 e. The second-order valence-corrected chi connectivity index (χ2v) is 9.45. The highest BCUT2D eigenvalue weighted by atomic mass is 19.1. The lowest BCUT2D eigenvalue weighted by Gasteiger charge is -2.41. The number of likely N-dealkylation sites (tertiary alicyclic amines) is 1. The number of allylic oxidation sites excluding steroid dienone is 3. The van der Waals surface area contributed by atoms with Crippen LogP contribution in [0.1, 0.15) is 56.0 Å². The number of hydrogen-bond donors (Lipinski definition) is 1. The molecule has 2 atom stereocenters. The number of nitrogens with zero attached hydrogens (tertiary/aromatic N) is 1. The van der Waals surface area contributed by atoms with Crippen LogP contribution >= 0.6 is 0 Å². The normalized spacial score (nSPS) is 23.6. The molecule has 1 unspecified atom stereocenters. The molecule has 0 saturated carbocycles. The molecule has 32 heavy (non-hydrogen) atoms. The highest BCUT2D eigenvalue weighted by Gasteiger charge is 2.40. The number of rotatable bonds is 6. The monoisotopic (exact) mass is 434 g/mol. The molecule has 5 heteroatoms. The maximum absolute atomic E-state index is 14.2. The van der Waals surface area contributed by atoms with E-state index in [4.69, 9.17) is 10.5 Å². The van der Waals surface area contributed by atoms with Crippen LogP contribution in [0.4, 0.5) is 4.39 Å². The summed E-state index contributed by atoms with van der Waals surface area (Å²) < 4.78 is 19.9. The van der Waals surface area contributed by atoms with Gasteiger partial charge in [0.2, 0.25) is 5.91 Å². The van der Waals surface area contributed by atoms with Crippen molar-refractivity contribution in [3.8, 4) is 11.5 Å². The van der Waals surface area contributed by atoms with Crippen LogP contribution in [0.25, 0.3) is 0 Å². The Hall–Kier alpha value is -2.92. The van der Waals surface area contributed by atoms with Crippen molar-refractivity contribution in [2.75, 3.05) is 6.54 Å². The average molecular weight is 435 g/mol. The van der Waals surface area contributed by atoms with Crippen molar-refractivity contribution in [2.45, 2.75) is 52.6 Å². The average Bonchev–Trinajstić information content (AvgIpc) is 3.19. The summed E-state index contributed by atoms with van der Waals surface area (Å²) in [6, 6.07) is 12.3. The molecule has 1 fully saturated rings. The first-order valence-corrected chi connectivity index (χ1v) is 11.2. The van der Waals surface area contributed by atoms with Crippen molar-refractivity contribution < 1.29 is 13.9 Å². The van der Waals surface area contributed by atoms with Gasteiger partial charge in [0.15, 0.2) is 11.6 Å². The maximum atomic E-state index is 14.2. The van der Waals surface area contributed by atoms with Crippen molar-refractivity contribution in [1.29, 1.82) is 0 Å². The molecule has 0 radical (unpaired) electrons. The Labute approximate surface area is 189 Å². The zero-order valence-electron chi connectivity index (χ0n) is 19.0. The second kappa shape index (κ2) is 8.91. The van der Waals surface area contributed by atoms with Crippen molar-refractivity contribution in [2.24, 2.45) is 11.1 Å². The number of nitrogens with two attached hydrogens (primary N) is 1. The van der Waals surface area contributed by atoms with Gasteiger partial charge in [-0.2, -0.15) is 0 Å². The fourth-order valence-electron chi connectivity index (χ4n) is 5.39. The lowest BCUT2D eigenvalue weighted by molar-refractivity contribution is 0.1000. The van der Waals surface area contributed by atoms with E-state index in [-0.39, 0.29) is 16.7 Å². The van der Waals surface area contributed by atoms with E-state index < -0.39 is 11.7 Å². The first-order valence-electron chi connectivity index (χ1n) is 11.2. The topological polar surface area (TPSA) is 55.6 Å². The highest BCUT2D eigenvalue weighted by Crippen LogP contribution is 2.43. The summed E-state index contributed by atoms with van der Waals surface area (Å²) in [6.07, 6.45) is 8.30. The Morgan fingerprint density at radius 3 is 2.62 bits per heavy atom. The molecular weight excluding hydrogens is 403 g/mol. The van der Waals surface area contributed by atoms with Crippen LogP contribution in [0.3, 0.4) is 0 Å². The number of carbonyl (C=O) groups excluding carboxylic acids is 1. The summed E-state index contributed by atoms with van der Waals surface area (Å²) in [5.74, 6) is -0.660. The first-order chi connectivity index (χ1) is 15.2. The summed E-state index contributed by atoms with van der Waals surface area (Å²) in [5.41, 5.74) is 9.50. The molecule has 1 aliphatic carbocycles. The molecule has 1 heterocycles. The SMILES string of the molecule is CC1=CC(C)([C@@H]2CCCN2Cc2ccc(Oc3ccc(C(N)=O)cc3F)cc2)CC(C)=C1. The lowest BCUT2D eigenvalue weighted by atomic mass is 9.72. The molecule has 1 saturated heterocycles. The Morgan fingerprint density at radius 1 is 1.22 bits per heavy atom. The largest absolute Gasteiger partial charge is 0.454 e. The van der Waals surface area contributed by atoms with E-state index in [1.54, 1.807) is 0 Å². The van der Waals surface area contributed by atoms with Crippen LogP contribution in [0.5, 0.6) is 11.5 Å². The quantitative estimate of drug-likeness (QED) is 0.608. The minimum absolute atomic E-state index is 0.0677. The molecule has 168 valence electrons. The predicted molar refractivity (Wildman–Crippen MR) is 125 cm³/mol. The van der Waals surface area contributed by atoms with Gasteiger partial charge in [-0.1, -0.05) is 42.4 Å². The molecule has 0 aromatic heterocycles. The molecule has 2 aromatic rings. The van der Waals surface area contributed by atoms with Gasteiger partial charge in [-0.05, 0) is 75.5 Å². The van der Waals surface area contributed by atoms with Crippen LogP contribution < -0.4 is 10.5 Å². The molecule has 0 bridgehead atoms. The van der Waals surface area contributed by atoms with Crippen LogP contribution in [-0.4, -0.2) is 23.4 Å². The van der Waals surface area contributed by atoms with Crippen molar-refractivity contribution in [1.82, 2.24) is 4.90 Å². The number of hydrogen-bond acceptors (Lipinski definition) is 3. The zero-order valence-corrected chi connectivity index (χ0v) is 19.0. The van der Waals surface area contributed by atoms with Gasteiger partial charge < -0.3 is 10.5 Å². The Kier molecular flexibility index (Phi) is 6.20. The predicted octanol–water partition coefficient (Wildman–Crippen LogP) is 5.98. The standard InChI is InChI=1S/C27H31FN2O2/c1-18-13-19(2)16-27(3,15-18)25-5-4-12-30(25)17-20-6-9-22(10-7-20)32-24-11-8-21(26(29)31)14-23(24)28/h6-11,13-15,25H,4-5,12,16-17H2,1-3H3,(H2,29,31)/t25-,27?/m0/s1. The molecule has 2 aromatic carbocycles. The fourth-order valence-corrected chi connectivity index (χ4v) is 5.39. The van der Waals surface area contributed by atoms with E-state index in [0.717, 1.165) is 25.6 Å². The number of ether oxygens (including phenoxy) is 1. The van der Waals surface area contributed by atoms with Gasteiger partial charge in [0, 0.05) is 23.6 Å². The van der Waals surface area contributed by atoms with Crippen molar-refractivity contribution >= 4 is 5.91 Å². The van der Waals surface area contributed by atoms with Gasteiger partial charge in [0.05, 0.1) is 0 Å². The van der Waals surface area contributed by atoms with Crippen LogP contribution in [-0.2, 0) is 6.54 Å². The molecule has 1 amide bonds. The van der Waals surface area contributed by atoms with E-state index in [2.05, 4.69) is 37.8 Å². The van der Waals surface area contributed by atoms with Crippen LogP contribution in [0.2, 0.25) is 0 Å². The minimum Gasteiger partial charge on any atom is -0.454 e. The second-order valence-electron chi connectivity index (χ2n) is 9.45. The molecular formula is C27H31FN2O2. The number of amides is 1. The first kappa shape index (κ1) is 22.3. The Bertz CT molecular complexity index is 1070. The molecule has 2 N–H and O–H groups in total. The molecule has 1 aliphatic heterocycles. The lowest BCUT2D eigenvalue weighted by Crippen LogP contribution is -2.42. The Morgan fingerprint density at radius 2 is 1.97 bits per heavy atom. The fraction of sp³-hybridized carbons (Fsp3) is 0.370. The van der Waals surface area contributed by atoms with Crippen molar-refractivity contribution in [3.05, 3.63) is 82.7 Å². The summed E-state index contributed by atoms with van der Waals surface area (Å²) in [5, 5.41) is 0. The van der Waals surface area contributed by atoms with Crippen LogP contribution in [0.15, 0.2) is 65.8 Å². The molecule has 0 spiro atoms. The number of benzene rings is 2. The van der Waals surface area contributed by atoms with Gasteiger partial charge in [-0.15, -0.1) is 0 Å². The summed E-state index contributed by atoms with van der Waals surface area (Å²) >= 11 is 0. The maximum Gasteiger partial charge on any atom is 0.248 e. The van der Waals surface area contributed by atoms with E-state index >= 15 is 0 Å². The highest BCUT2D eigenvalue weighted by molar-refractivity contribution is 5.92. The van der Waals surface area contributed by atoms with Crippen LogP contribution in [0, 0.1) is 11.2 Å². The summed E-state index contributed by atoms with van der Waals surface area (Å²) in [6.45, 7) is 8.81. The van der Waals surface area contributed by atoms with Gasteiger partial charge >= 0.3 is 0 Å². The van der Waals surface area contributed by atoms with E-state index in [1.165, 1.54) is 41.7 Å². The van der Waals surface area contributed by atoms with Gasteiger partial charge in [0.1, 0.15) is 5.75 Å². The third-order valence-corrected chi connectivity index (χ3v) is 6.57. The third kappa shape index (κ3) is 4.78. The van der Waals surface area contributed by atoms with Gasteiger partial charge in [0.25, 0.3) is 0 Å². The van der Waals surface area contributed by atoms with Gasteiger partial charge in [-0.25, -0.2) is 4.39 Å². The minimum atomic E-state index is -0.668. The number of primary amides is 1. The van der Waals surface area contributed by atoms with Crippen molar-refractivity contribution in [3.63, 3.8) is 0 Å². The summed E-state index contributed by atoms with van der Waals surface area (Å²) in [4.78, 5) is 13.8. The zero-order chi connectivity index (χ0) is 22.9. The van der Waals surface area contributed by atoms with Gasteiger partial charge in [-0.3, -0.25) is 9.69 Å². The molecule has 4 nitrogen and oxygen atoms in total. The molecule has 4 rings (SSSR count). The number of carbonyl (C=O) groups is 1. The van der Waals surface area contributed by atoms with E-state index in [0.29, 0.717) is 11.8 Å². The summed E-state index contributed by atoms with van der Waals surface area (Å²) in [7, 11) is 0. The molecule has 2 aliphatic rings. The third-order valence-electron chi connectivity index (χ3n) is 6.57.